The average Bonchev–Trinajstić information content (AvgIpc) is 2.30. The van der Waals surface area contributed by atoms with E-state index < -0.39 is 9.84 Å². The van der Waals surface area contributed by atoms with Crippen LogP contribution in [-0.2, 0) is 14.6 Å². The number of amides is 1. The van der Waals surface area contributed by atoms with Crippen molar-refractivity contribution in [3.05, 3.63) is 0 Å². The molecule has 0 saturated carbocycles. The molecule has 1 rings (SSSR count). The van der Waals surface area contributed by atoms with Gasteiger partial charge in [-0.1, -0.05) is 0 Å². The number of carbonyl (C=O) groups excluding carboxylic acids is 1. The van der Waals surface area contributed by atoms with Crippen molar-refractivity contribution in [2.75, 3.05) is 18.1 Å². The fourth-order valence-electron chi connectivity index (χ4n) is 1.34. The number of nitrogens with one attached hydrogen (secondary N) is 1. The zero-order chi connectivity index (χ0) is 9.90. The molecule has 0 aliphatic carbocycles. The number of rotatable bonds is 3. The molecular weight excluding hydrogens is 192 g/mol. The van der Waals surface area contributed by atoms with E-state index in [9.17, 15) is 13.2 Å². The summed E-state index contributed by atoms with van der Waals surface area (Å²) in [4.78, 5) is 11.0. The first-order chi connectivity index (χ1) is 6.03. The molecule has 76 valence electrons. The average molecular weight is 206 g/mol. The lowest BCUT2D eigenvalue weighted by atomic mass is 10.2. The van der Waals surface area contributed by atoms with E-state index in [1.54, 1.807) is 0 Å². The molecule has 1 aliphatic rings. The first kappa shape index (κ1) is 10.5. The van der Waals surface area contributed by atoms with Crippen LogP contribution in [0.2, 0.25) is 0 Å². The molecule has 1 heterocycles. The maximum absolute atomic E-state index is 11.0. The van der Waals surface area contributed by atoms with Crippen molar-refractivity contribution in [1.82, 2.24) is 5.32 Å². The Morgan fingerprint density at radius 2 is 2.23 bits per heavy atom. The summed E-state index contributed by atoms with van der Waals surface area (Å²) >= 11 is 0. The Bertz CT molecular complexity index is 286. The maximum Gasteiger partial charge on any atom is 0.221 e. The highest BCUT2D eigenvalue weighted by molar-refractivity contribution is 7.91. The van der Waals surface area contributed by atoms with Gasteiger partial charge < -0.3 is 11.1 Å². The lowest BCUT2D eigenvalue weighted by Gasteiger charge is -2.09. The summed E-state index contributed by atoms with van der Waals surface area (Å²) in [6.07, 6.45) is 0.787. The predicted molar refractivity (Wildman–Crippen MR) is 48.9 cm³/mol. The van der Waals surface area contributed by atoms with Crippen molar-refractivity contribution in [1.29, 1.82) is 0 Å². The SMILES string of the molecule is NCCC(=O)NC1CCS(=O)(=O)C1. The highest BCUT2D eigenvalue weighted by atomic mass is 32.2. The fourth-order valence-corrected chi connectivity index (χ4v) is 3.01. The van der Waals surface area contributed by atoms with Gasteiger partial charge in [0.15, 0.2) is 9.84 Å². The van der Waals surface area contributed by atoms with Gasteiger partial charge in [0.25, 0.3) is 0 Å². The molecule has 1 aliphatic heterocycles. The Hall–Kier alpha value is -0.620. The van der Waals surface area contributed by atoms with Gasteiger partial charge in [0.2, 0.25) is 5.91 Å². The van der Waals surface area contributed by atoms with Crippen LogP contribution in [0.25, 0.3) is 0 Å². The van der Waals surface area contributed by atoms with Crippen LogP contribution in [0.4, 0.5) is 0 Å². The number of sulfone groups is 1. The standard InChI is InChI=1S/C7H14N2O3S/c8-3-1-7(10)9-6-2-4-13(11,12)5-6/h6H,1-5,8H2,(H,9,10). The normalized spacial score (nSPS) is 25.8. The largest absolute Gasteiger partial charge is 0.352 e. The van der Waals surface area contributed by atoms with E-state index in [-0.39, 0.29) is 29.9 Å². The Morgan fingerprint density at radius 1 is 1.54 bits per heavy atom. The van der Waals surface area contributed by atoms with Gasteiger partial charge in [0, 0.05) is 19.0 Å². The van der Waals surface area contributed by atoms with Crippen LogP contribution in [0.15, 0.2) is 0 Å². The van der Waals surface area contributed by atoms with E-state index in [1.165, 1.54) is 0 Å². The minimum atomic E-state index is -2.90. The Kier molecular flexibility index (Phi) is 3.27. The highest BCUT2D eigenvalue weighted by Gasteiger charge is 2.28. The third-order valence-electron chi connectivity index (χ3n) is 1.97. The maximum atomic E-state index is 11.0. The van der Waals surface area contributed by atoms with Crippen molar-refractivity contribution >= 4 is 15.7 Å². The van der Waals surface area contributed by atoms with E-state index in [1.807, 2.05) is 0 Å². The lowest BCUT2D eigenvalue weighted by Crippen LogP contribution is -2.36. The summed E-state index contributed by atoms with van der Waals surface area (Å²) < 4.78 is 22.0. The van der Waals surface area contributed by atoms with Crippen LogP contribution >= 0.6 is 0 Å². The van der Waals surface area contributed by atoms with Gasteiger partial charge in [-0.15, -0.1) is 0 Å². The molecule has 6 heteroatoms. The summed E-state index contributed by atoms with van der Waals surface area (Å²) in [5.41, 5.74) is 5.18. The van der Waals surface area contributed by atoms with E-state index in [0.717, 1.165) is 0 Å². The molecule has 0 aromatic rings. The Balaban J connectivity index is 2.36. The van der Waals surface area contributed by atoms with Gasteiger partial charge in [-0.05, 0) is 6.42 Å². The van der Waals surface area contributed by atoms with Crippen molar-refractivity contribution in [3.63, 3.8) is 0 Å². The van der Waals surface area contributed by atoms with E-state index in [0.29, 0.717) is 13.0 Å². The summed E-state index contributed by atoms with van der Waals surface area (Å²) in [5, 5.41) is 2.64. The molecule has 0 spiro atoms. The number of nitrogens with two attached hydrogens (primary N) is 1. The van der Waals surface area contributed by atoms with Crippen molar-refractivity contribution < 1.29 is 13.2 Å². The third-order valence-corrected chi connectivity index (χ3v) is 3.74. The molecule has 13 heavy (non-hydrogen) atoms. The Labute approximate surface area is 77.6 Å². The molecule has 1 fully saturated rings. The van der Waals surface area contributed by atoms with Gasteiger partial charge in [0.05, 0.1) is 11.5 Å². The summed E-state index contributed by atoms with van der Waals surface area (Å²) in [5.74, 6) is 0.0914. The van der Waals surface area contributed by atoms with Crippen LogP contribution in [0.3, 0.4) is 0 Å². The molecule has 1 unspecified atom stereocenters. The first-order valence-electron chi connectivity index (χ1n) is 4.23. The molecule has 3 N–H and O–H groups in total. The summed E-state index contributed by atoms with van der Waals surface area (Å²) in [6, 6.07) is -0.205. The molecule has 1 amide bonds. The van der Waals surface area contributed by atoms with Gasteiger partial charge in [0.1, 0.15) is 0 Å². The van der Waals surface area contributed by atoms with Gasteiger partial charge in [-0.25, -0.2) is 8.42 Å². The number of hydrogen-bond acceptors (Lipinski definition) is 4. The first-order valence-corrected chi connectivity index (χ1v) is 6.05. The van der Waals surface area contributed by atoms with E-state index >= 15 is 0 Å². The third kappa shape index (κ3) is 3.31. The zero-order valence-corrected chi connectivity index (χ0v) is 8.14. The van der Waals surface area contributed by atoms with Gasteiger partial charge in [-0.3, -0.25) is 4.79 Å². The molecule has 1 saturated heterocycles. The van der Waals surface area contributed by atoms with Gasteiger partial charge >= 0.3 is 0 Å². The van der Waals surface area contributed by atoms with Crippen LogP contribution in [0, 0.1) is 0 Å². The molecule has 1 atom stereocenters. The highest BCUT2D eigenvalue weighted by Crippen LogP contribution is 2.10. The fraction of sp³-hybridized carbons (Fsp3) is 0.857. The topological polar surface area (TPSA) is 89.3 Å². The summed E-state index contributed by atoms with van der Waals surface area (Å²) in [7, 11) is -2.90. The minimum Gasteiger partial charge on any atom is -0.352 e. The second kappa shape index (κ2) is 4.06. The molecule has 5 nitrogen and oxygen atoms in total. The minimum absolute atomic E-state index is 0.0727. The second-order valence-corrected chi connectivity index (χ2v) is 5.43. The Morgan fingerprint density at radius 3 is 2.69 bits per heavy atom. The molecular formula is C7H14N2O3S. The molecule has 0 radical (unpaired) electrons. The quantitative estimate of drug-likeness (QED) is 0.596. The van der Waals surface area contributed by atoms with E-state index in [2.05, 4.69) is 5.32 Å². The van der Waals surface area contributed by atoms with E-state index in [4.69, 9.17) is 5.73 Å². The van der Waals surface area contributed by atoms with Crippen LogP contribution in [-0.4, -0.2) is 38.4 Å². The number of hydrogen-bond donors (Lipinski definition) is 2. The number of carbonyl (C=O) groups is 1. The predicted octanol–water partition coefficient (Wildman–Crippen LogP) is -1.36. The second-order valence-electron chi connectivity index (χ2n) is 3.21. The monoisotopic (exact) mass is 206 g/mol. The summed E-state index contributed by atoms with van der Waals surface area (Å²) in [6.45, 7) is 0.297. The van der Waals surface area contributed by atoms with Crippen LogP contribution in [0.5, 0.6) is 0 Å². The van der Waals surface area contributed by atoms with Crippen molar-refractivity contribution in [3.8, 4) is 0 Å². The zero-order valence-electron chi connectivity index (χ0n) is 7.32. The van der Waals surface area contributed by atoms with Crippen LogP contribution < -0.4 is 11.1 Å². The molecule has 0 aromatic carbocycles. The van der Waals surface area contributed by atoms with Crippen molar-refractivity contribution in [2.24, 2.45) is 5.73 Å². The van der Waals surface area contributed by atoms with Gasteiger partial charge in [-0.2, -0.15) is 0 Å². The van der Waals surface area contributed by atoms with Crippen LogP contribution in [0.1, 0.15) is 12.8 Å². The lowest BCUT2D eigenvalue weighted by molar-refractivity contribution is -0.121. The molecule has 0 bridgehead atoms. The molecule has 0 aromatic heterocycles. The van der Waals surface area contributed by atoms with Crippen molar-refractivity contribution in [2.45, 2.75) is 18.9 Å². The smallest absolute Gasteiger partial charge is 0.221 e.